The average molecular weight is 259 g/mol. The number of carbonyl (C=O) groups excluding carboxylic acids is 1. The molecule has 0 amide bonds. The van der Waals surface area contributed by atoms with Crippen molar-refractivity contribution in [3.05, 3.63) is 0 Å². The van der Waals surface area contributed by atoms with Gasteiger partial charge in [-0.2, -0.15) is 0 Å². The Morgan fingerprint density at radius 1 is 1.50 bits per heavy atom. The zero-order valence-electron chi connectivity index (χ0n) is 8.88. The van der Waals surface area contributed by atoms with Crippen LogP contribution in [0.1, 0.15) is 20.3 Å². The van der Waals surface area contributed by atoms with Crippen molar-refractivity contribution in [1.29, 1.82) is 0 Å². The van der Waals surface area contributed by atoms with Crippen molar-refractivity contribution in [2.45, 2.75) is 41.3 Å². The molecule has 0 saturated carbocycles. The SMILES string of the molecule is C[CH2][Ge]1([CH2]C)[CH2]CC(=O)C(C(=O)O)[CH2]1. The van der Waals surface area contributed by atoms with Crippen LogP contribution in [0.4, 0.5) is 0 Å². The standard InChI is InChI=1S/C10H18GeO3/c1-3-11(4-2)6-5-9(12)8(7-11)10(13)14/h8H,3-7H2,1-2H3,(H,13,14). The number of ketones is 1. The molecule has 0 spiro atoms. The van der Waals surface area contributed by atoms with Gasteiger partial charge >= 0.3 is 86.9 Å². The molecule has 1 rings (SSSR count). The summed E-state index contributed by atoms with van der Waals surface area (Å²) in [7, 11) is 0. The first-order valence-electron chi connectivity index (χ1n) is 5.30. The van der Waals surface area contributed by atoms with E-state index < -0.39 is 25.2 Å². The predicted octanol–water partition coefficient (Wildman–Crippen LogP) is 2.15. The van der Waals surface area contributed by atoms with E-state index >= 15 is 0 Å². The molecule has 1 aliphatic rings. The van der Waals surface area contributed by atoms with Gasteiger partial charge in [-0.25, -0.2) is 0 Å². The summed E-state index contributed by atoms with van der Waals surface area (Å²) in [6, 6.07) is 0. The van der Waals surface area contributed by atoms with E-state index in [0.29, 0.717) is 6.42 Å². The van der Waals surface area contributed by atoms with Crippen molar-refractivity contribution < 1.29 is 14.7 Å². The molecule has 1 N–H and O–H groups in total. The van der Waals surface area contributed by atoms with Gasteiger partial charge in [-0.1, -0.05) is 0 Å². The van der Waals surface area contributed by atoms with Crippen LogP contribution in [0.3, 0.4) is 0 Å². The van der Waals surface area contributed by atoms with E-state index in [4.69, 9.17) is 5.11 Å². The van der Waals surface area contributed by atoms with Crippen molar-refractivity contribution in [2.24, 2.45) is 5.92 Å². The van der Waals surface area contributed by atoms with E-state index in [-0.39, 0.29) is 5.78 Å². The Balaban J connectivity index is 2.79. The summed E-state index contributed by atoms with van der Waals surface area (Å²) >= 11 is -1.92. The molecule has 3 nitrogen and oxygen atoms in total. The molecule has 0 aromatic heterocycles. The third-order valence-electron chi connectivity index (χ3n) is 3.73. The van der Waals surface area contributed by atoms with Gasteiger partial charge < -0.3 is 0 Å². The Hall–Kier alpha value is -0.317. The Bertz CT molecular complexity index is 246. The van der Waals surface area contributed by atoms with Crippen molar-refractivity contribution in [3.63, 3.8) is 0 Å². The Labute approximate surface area is 87.2 Å². The van der Waals surface area contributed by atoms with Crippen molar-refractivity contribution in [1.82, 2.24) is 0 Å². The van der Waals surface area contributed by atoms with Crippen LogP contribution in [0.15, 0.2) is 0 Å². The molecule has 1 aliphatic heterocycles. The van der Waals surface area contributed by atoms with Gasteiger partial charge in [0.1, 0.15) is 0 Å². The zero-order chi connectivity index (χ0) is 10.8. The van der Waals surface area contributed by atoms with Crippen LogP contribution in [-0.2, 0) is 9.59 Å². The van der Waals surface area contributed by atoms with Crippen LogP contribution in [0, 0.1) is 5.92 Å². The fourth-order valence-electron chi connectivity index (χ4n) is 2.33. The number of hydrogen-bond donors (Lipinski definition) is 1. The molecule has 1 atom stereocenters. The molecule has 0 aromatic rings. The van der Waals surface area contributed by atoms with Gasteiger partial charge in [0.05, 0.1) is 0 Å². The molecule has 14 heavy (non-hydrogen) atoms. The molecule has 0 radical (unpaired) electrons. The van der Waals surface area contributed by atoms with Gasteiger partial charge in [0.2, 0.25) is 0 Å². The predicted molar refractivity (Wildman–Crippen MR) is 57.1 cm³/mol. The quantitative estimate of drug-likeness (QED) is 0.623. The number of aliphatic carboxylic acids is 1. The minimum atomic E-state index is -1.92. The van der Waals surface area contributed by atoms with Gasteiger partial charge in [0.25, 0.3) is 0 Å². The van der Waals surface area contributed by atoms with E-state index in [9.17, 15) is 9.59 Å². The molecular weight excluding hydrogens is 241 g/mol. The van der Waals surface area contributed by atoms with Gasteiger partial charge in [-0.05, 0) is 0 Å². The average Bonchev–Trinajstić information content (AvgIpc) is 2.19. The van der Waals surface area contributed by atoms with Crippen molar-refractivity contribution >= 4 is 25.0 Å². The molecule has 1 unspecified atom stereocenters. The molecule has 80 valence electrons. The third kappa shape index (κ3) is 2.19. The summed E-state index contributed by atoms with van der Waals surface area (Å²) in [5, 5.41) is 13.0. The monoisotopic (exact) mass is 260 g/mol. The van der Waals surface area contributed by atoms with E-state index in [1.807, 2.05) is 0 Å². The number of carboxylic acid groups (broad SMARTS) is 1. The summed E-state index contributed by atoms with van der Waals surface area (Å²) in [6.07, 6.45) is 0.526. The minimum absolute atomic E-state index is 0.0411. The summed E-state index contributed by atoms with van der Waals surface area (Å²) in [6.45, 7) is 4.33. The maximum absolute atomic E-state index is 11.4. The van der Waals surface area contributed by atoms with Gasteiger partial charge in [0.15, 0.2) is 0 Å². The van der Waals surface area contributed by atoms with Crippen LogP contribution in [0.25, 0.3) is 0 Å². The van der Waals surface area contributed by atoms with Gasteiger partial charge in [-0.3, -0.25) is 0 Å². The second kappa shape index (κ2) is 4.47. The molecule has 1 saturated heterocycles. The van der Waals surface area contributed by atoms with Crippen molar-refractivity contribution in [3.8, 4) is 0 Å². The number of hydrogen-bond acceptors (Lipinski definition) is 2. The maximum atomic E-state index is 11.4. The first-order valence-corrected chi connectivity index (χ1v) is 11.2. The van der Waals surface area contributed by atoms with E-state index in [1.54, 1.807) is 0 Å². The van der Waals surface area contributed by atoms with E-state index in [2.05, 4.69) is 13.8 Å². The number of Topliss-reactive ketones (excluding diaryl/α,β-unsaturated/α-hetero) is 1. The Morgan fingerprint density at radius 3 is 2.50 bits per heavy atom. The van der Waals surface area contributed by atoms with Gasteiger partial charge in [0, 0.05) is 0 Å². The fraction of sp³-hybridized carbons (Fsp3) is 0.800. The third-order valence-corrected chi connectivity index (χ3v) is 15.4. The van der Waals surface area contributed by atoms with Crippen LogP contribution in [0.2, 0.25) is 21.0 Å². The normalized spacial score (nSPS) is 26.1. The van der Waals surface area contributed by atoms with Crippen LogP contribution in [0.5, 0.6) is 0 Å². The molecular formula is C10H18GeO3. The Morgan fingerprint density at radius 2 is 2.07 bits per heavy atom. The molecule has 0 aliphatic carbocycles. The topological polar surface area (TPSA) is 54.4 Å². The van der Waals surface area contributed by atoms with Crippen molar-refractivity contribution in [2.75, 3.05) is 0 Å². The first-order chi connectivity index (χ1) is 6.54. The second-order valence-electron chi connectivity index (χ2n) is 4.27. The Kier molecular flexibility index (Phi) is 3.75. The molecule has 1 heterocycles. The van der Waals surface area contributed by atoms with Crippen LogP contribution >= 0.6 is 0 Å². The fourth-order valence-corrected chi connectivity index (χ4v) is 10.8. The summed E-state index contributed by atoms with van der Waals surface area (Å²) in [5.74, 6) is -1.60. The van der Waals surface area contributed by atoms with Crippen LogP contribution in [-0.4, -0.2) is 30.1 Å². The molecule has 1 fully saturated rings. The van der Waals surface area contributed by atoms with E-state index in [1.165, 1.54) is 0 Å². The molecule has 0 bridgehead atoms. The zero-order valence-corrected chi connectivity index (χ0v) is 11.0. The second-order valence-corrected chi connectivity index (χ2v) is 15.4. The number of carboxylic acids is 1. The molecule has 4 heteroatoms. The summed E-state index contributed by atoms with van der Waals surface area (Å²) in [4.78, 5) is 22.3. The number of carbonyl (C=O) groups is 2. The summed E-state index contributed by atoms with van der Waals surface area (Å²) in [5.41, 5.74) is 0. The first kappa shape index (κ1) is 11.8. The van der Waals surface area contributed by atoms with Gasteiger partial charge in [-0.15, -0.1) is 0 Å². The molecule has 0 aromatic carbocycles. The van der Waals surface area contributed by atoms with E-state index in [0.717, 1.165) is 21.0 Å². The number of rotatable bonds is 3. The van der Waals surface area contributed by atoms with Crippen LogP contribution < -0.4 is 0 Å². The summed E-state index contributed by atoms with van der Waals surface area (Å²) < 4.78 is 0.